The number of aromatic hydroxyl groups is 2. The minimum Gasteiger partial charge on any atom is -0.505 e. The fraction of sp³-hybridized carbons (Fsp3) is 0.229. The number of esters is 1. The molecule has 0 spiro atoms. The third-order valence-electron chi connectivity index (χ3n) is 7.62. The lowest BCUT2D eigenvalue weighted by molar-refractivity contribution is -0.138. The van der Waals surface area contributed by atoms with Gasteiger partial charge in [-0.15, -0.1) is 30.0 Å². The molecule has 0 atom stereocenters. The molecule has 0 fully saturated rings. The van der Waals surface area contributed by atoms with E-state index in [0.29, 0.717) is 56.6 Å². The van der Waals surface area contributed by atoms with E-state index in [2.05, 4.69) is 47.7 Å². The molecule has 0 saturated heterocycles. The smallest absolute Gasteiger partial charge is 0.333 e. The first-order valence-corrected chi connectivity index (χ1v) is 14.7. The van der Waals surface area contributed by atoms with Gasteiger partial charge in [-0.1, -0.05) is 63.7 Å². The SMILES string of the molecule is C=C(C)C(=O)OCCc1cc(Cc2cc(C(C)(C)C)cc(-n3nc4ccccc4n3)c2O)c(O)c(-n2nc3ccccc3n2)c1. The van der Waals surface area contributed by atoms with Crippen LogP contribution in [0.15, 0.2) is 84.9 Å². The fourth-order valence-electron chi connectivity index (χ4n) is 5.10. The monoisotopic (exact) mass is 602 g/mol. The molecule has 0 saturated carbocycles. The van der Waals surface area contributed by atoms with Gasteiger partial charge in [0.25, 0.3) is 0 Å². The zero-order valence-corrected chi connectivity index (χ0v) is 25.7. The number of phenolic OH excluding ortho intramolecular Hbond substituents is 2. The molecular formula is C35H34N6O4. The molecule has 0 aliphatic rings. The van der Waals surface area contributed by atoms with Crippen molar-refractivity contribution in [3.8, 4) is 22.9 Å². The van der Waals surface area contributed by atoms with E-state index < -0.39 is 5.97 Å². The second kappa shape index (κ2) is 11.5. The van der Waals surface area contributed by atoms with E-state index in [-0.39, 0.29) is 29.9 Å². The summed E-state index contributed by atoms with van der Waals surface area (Å²) in [4.78, 5) is 14.9. The highest BCUT2D eigenvalue weighted by Crippen LogP contribution is 2.37. The largest absolute Gasteiger partial charge is 0.505 e. The van der Waals surface area contributed by atoms with Crippen LogP contribution in [0.2, 0.25) is 0 Å². The van der Waals surface area contributed by atoms with Crippen LogP contribution in [0.5, 0.6) is 11.5 Å². The summed E-state index contributed by atoms with van der Waals surface area (Å²) in [6, 6.07) is 22.4. The van der Waals surface area contributed by atoms with Crippen LogP contribution in [0.3, 0.4) is 0 Å². The van der Waals surface area contributed by atoms with Gasteiger partial charge in [0.2, 0.25) is 0 Å². The highest BCUT2D eigenvalue weighted by molar-refractivity contribution is 5.86. The maximum Gasteiger partial charge on any atom is 0.333 e. The summed E-state index contributed by atoms with van der Waals surface area (Å²) in [5.41, 5.74) is 6.54. The summed E-state index contributed by atoms with van der Waals surface area (Å²) in [5, 5.41) is 41.7. The van der Waals surface area contributed by atoms with Gasteiger partial charge in [-0.3, -0.25) is 0 Å². The molecule has 0 unspecified atom stereocenters. The molecule has 4 aromatic carbocycles. The van der Waals surface area contributed by atoms with Gasteiger partial charge < -0.3 is 14.9 Å². The first-order chi connectivity index (χ1) is 21.5. The number of aromatic nitrogens is 6. The van der Waals surface area contributed by atoms with Crippen LogP contribution in [0.4, 0.5) is 0 Å². The van der Waals surface area contributed by atoms with Crippen molar-refractivity contribution in [3.05, 3.63) is 107 Å². The average molecular weight is 603 g/mol. The summed E-state index contributed by atoms with van der Waals surface area (Å²) < 4.78 is 5.36. The standard InChI is InChI=1S/C35H34N6O4/c1-21(2)34(44)45-15-14-22-16-23(32(42)30(17-22)40-36-26-10-6-7-11-27(26)37-40)18-24-19-25(35(3,4)5)20-31(33(24)43)41-38-28-12-8-9-13-29(28)39-41/h6-13,16-17,19-20,42-43H,1,14-15,18H2,2-5H3. The minimum atomic E-state index is -0.467. The Morgan fingerprint density at radius 3 is 1.71 bits per heavy atom. The van der Waals surface area contributed by atoms with Crippen LogP contribution >= 0.6 is 0 Å². The third-order valence-corrected chi connectivity index (χ3v) is 7.62. The number of hydrogen-bond donors (Lipinski definition) is 2. The lowest BCUT2D eigenvalue weighted by Gasteiger charge is -2.22. The van der Waals surface area contributed by atoms with Gasteiger partial charge in [0, 0.05) is 29.5 Å². The highest BCUT2D eigenvalue weighted by atomic mass is 16.5. The molecule has 2 N–H and O–H groups in total. The van der Waals surface area contributed by atoms with Crippen LogP contribution in [0.25, 0.3) is 33.4 Å². The Labute approximate surface area is 260 Å². The first-order valence-electron chi connectivity index (χ1n) is 14.7. The lowest BCUT2D eigenvalue weighted by atomic mass is 9.84. The van der Waals surface area contributed by atoms with Crippen LogP contribution < -0.4 is 0 Å². The molecule has 0 bridgehead atoms. The van der Waals surface area contributed by atoms with Gasteiger partial charge in [-0.05, 0) is 59.9 Å². The number of carbonyl (C=O) groups excluding carboxylic acids is 1. The Kier molecular flexibility index (Phi) is 7.57. The molecule has 6 rings (SSSR count). The van der Waals surface area contributed by atoms with Crippen LogP contribution in [0, 0.1) is 0 Å². The molecule has 0 amide bonds. The Balaban J connectivity index is 1.46. The average Bonchev–Trinajstić information content (AvgIpc) is 3.63. The van der Waals surface area contributed by atoms with Crippen molar-refractivity contribution in [2.75, 3.05) is 6.61 Å². The number of nitrogens with zero attached hydrogens (tertiary/aromatic N) is 6. The first kappa shape index (κ1) is 29.6. The van der Waals surface area contributed by atoms with Crippen LogP contribution in [0.1, 0.15) is 49.9 Å². The lowest BCUT2D eigenvalue weighted by Crippen LogP contribution is -2.14. The predicted molar refractivity (Wildman–Crippen MR) is 172 cm³/mol. The van der Waals surface area contributed by atoms with Crippen molar-refractivity contribution in [1.82, 2.24) is 30.0 Å². The second-order valence-electron chi connectivity index (χ2n) is 12.2. The number of benzene rings is 4. The predicted octanol–water partition coefficient (Wildman–Crippen LogP) is 6.12. The van der Waals surface area contributed by atoms with Gasteiger partial charge in [0.15, 0.2) is 0 Å². The van der Waals surface area contributed by atoms with E-state index in [1.807, 2.05) is 66.7 Å². The maximum atomic E-state index is 12.0. The molecule has 2 heterocycles. The van der Waals surface area contributed by atoms with Crippen LogP contribution in [-0.4, -0.2) is 52.8 Å². The van der Waals surface area contributed by atoms with Crippen molar-refractivity contribution in [3.63, 3.8) is 0 Å². The summed E-state index contributed by atoms with van der Waals surface area (Å²) >= 11 is 0. The summed E-state index contributed by atoms with van der Waals surface area (Å²) in [6.45, 7) is 11.6. The van der Waals surface area contributed by atoms with Gasteiger partial charge in [0.05, 0.1) is 6.61 Å². The number of phenols is 2. The number of rotatable bonds is 8. The normalized spacial score (nSPS) is 11.7. The fourth-order valence-corrected chi connectivity index (χ4v) is 5.10. The molecule has 45 heavy (non-hydrogen) atoms. The third kappa shape index (κ3) is 5.99. The Morgan fingerprint density at radius 1 is 0.778 bits per heavy atom. The molecule has 0 aliphatic carbocycles. The quantitative estimate of drug-likeness (QED) is 0.158. The van der Waals surface area contributed by atoms with E-state index in [1.54, 1.807) is 13.0 Å². The molecule has 10 nitrogen and oxygen atoms in total. The molecule has 2 aromatic heterocycles. The number of hydrogen-bond acceptors (Lipinski definition) is 8. The summed E-state index contributed by atoms with van der Waals surface area (Å²) in [7, 11) is 0. The molecule has 0 aliphatic heterocycles. The van der Waals surface area contributed by atoms with Crippen molar-refractivity contribution >= 4 is 28.0 Å². The van der Waals surface area contributed by atoms with E-state index in [4.69, 9.17) is 4.74 Å². The van der Waals surface area contributed by atoms with Crippen molar-refractivity contribution in [2.45, 2.75) is 46.0 Å². The van der Waals surface area contributed by atoms with Gasteiger partial charge >= 0.3 is 5.97 Å². The van der Waals surface area contributed by atoms with E-state index in [1.165, 1.54) is 9.59 Å². The summed E-state index contributed by atoms with van der Waals surface area (Å²) in [5.74, 6) is -0.485. The van der Waals surface area contributed by atoms with E-state index in [0.717, 1.165) is 11.1 Å². The van der Waals surface area contributed by atoms with E-state index >= 15 is 0 Å². The molecule has 6 aromatic rings. The zero-order chi connectivity index (χ0) is 31.9. The molecule has 228 valence electrons. The van der Waals surface area contributed by atoms with Crippen LogP contribution in [-0.2, 0) is 27.8 Å². The van der Waals surface area contributed by atoms with Gasteiger partial charge in [-0.2, -0.15) is 0 Å². The number of carbonyl (C=O) groups is 1. The van der Waals surface area contributed by atoms with Crippen molar-refractivity contribution in [1.29, 1.82) is 0 Å². The van der Waals surface area contributed by atoms with Crippen molar-refractivity contribution < 1.29 is 19.7 Å². The molecule has 0 radical (unpaired) electrons. The number of ether oxygens (including phenoxy) is 1. The molecule has 10 heteroatoms. The highest BCUT2D eigenvalue weighted by Gasteiger charge is 2.23. The number of fused-ring (bicyclic) bond motifs is 2. The second-order valence-corrected chi connectivity index (χ2v) is 12.2. The summed E-state index contributed by atoms with van der Waals surface area (Å²) in [6.07, 6.45) is 0.561. The van der Waals surface area contributed by atoms with E-state index in [9.17, 15) is 15.0 Å². The van der Waals surface area contributed by atoms with Crippen molar-refractivity contribution in [2.24, 2.45) is 0 Å². The Morgan fingerprint density at radius 2 is 1.24 bits per heavy atom. The maximum absolute atomic E-state index is 12.0. The Hall–Kier alpha value is -5.51. The minimum absolute atomic E-state index is 0.00741. The Bertz CT molecular complexity index is 2020. The van der Waals surface area contributed by atoms with Gasteiger partial charge in [0.1, 0.15) is 44.9 Å². The zero-order valence-electron chi connectivity index (χ0n) is 25.7. The molecular weight excluding hydrogens is 568 g/mol. The topological polar surface area (TPSA) is 128 Å². The van der Waals surface area contributed by atoms with Gasteiger partial charge in [-0.25, -0.2) is 4.79 Å².